The molecule has 8 nitrogen and oxygen atoms in total. The molecule has 0 aliphatic heterocycles. The zero-order chi connectivity index (χ0) is 25.4. The van der Waals surface area contributed by atoms with Crippen LogP contribution in [0.25, 0.3) is 16.6 Å². The number of amides is 1. The van der Waals surface area contributed by atoms with E-state index in [0.717, 1.165) is 21.8 Å². The molecule has 0 unspecified atom stereocenters. The summed E-state index contributed by atoms with van der Waals surface area (Å²) in [5, 5.41) is -0.212. The Morgan fingerprint density at radius 3 is 2.38 bits per heavy atom. The monoisotopic (exact) mass is 493 g/mol. The summed E-state index contributed by atoms with van der Waals surface area (Å²) in [5.74, 6) is -0.189. The number of carbonyl (C=O) groups is 1. The Morgan fingerprint density at radius 1 is 1.18 bits per heavy atom. The molecule has 0 bridgehead atoms. The van der Waals surface area contributed by atoms with E-state index in [9.17, 15) is 26.8 Å². The number of carbonyl (C=O) groups excluding carboxylic acids is 1. The molecule has 0 aliphatic carbocycles. The average Bonchev–Trinajstić information content (AvgIpc) is 2.72. The van der Waals surface area contributed by atoms with Crippen LogP contribution in [0, 0.1) is 0 Å². The van der Waals surface area contributed by atoms with Gasteiger partial charge in [-0.15, -0.1) is 0 Å². The summed E-state index contributed by atoms with van der Waals surface area (Å²) >= 11 is 0. The number of ether oxygens (including phenoxy) is 1. The maximum absolute atomic E-state index is 13.7. The topological polar surface area (TPSA) is 98.6 Å². The third-order valence-corrected chi connectivity index (χ3v) is 5.93. The summed E-state index contributed by atoms with van der Waals surface area (Å²) < 4.78 is 58.0. The Morgan fingerprint density at radius 2 is 1.82 bits per heavy atom. The molecule has 34 heavy (non-hydrogen) atoms. The lowest BCUT2D eigenvalue weighted by molar-refractivity contribution is 0.0579. The van der Waals surface area contributed by atoms with Gasteiger partial charge in [0, 0.05) is 18.4 Å². The van der Waals surface area contributed by atoms with Crippen molar-refractivity contribution in [1.82, 2.24) is 9.55 Å². The molecule has 0 radical (unpaired) electrons. The van der Waals surface area contributed by atoms with Crippen molar-refractivity contribution in [2.45, 2.75) is 44.6 Å². The van der Waals surface area contributed by atoms with Crippen molar-refractivity contribution in [3.05, 3.63) is 58.4 Å². The molecule has 0 atom stereocenters. The van der Waals surface area contributed by atoms with Crippen molar-refractivity contribution >= 4 is 32.8 Å². The van der Waals surface area contributed by atoms with Crippen LogP contribution in [0.15, 0.2) is 52.2 Å². The van der Waals surface area contributed by atoms with E-state index in [0.29, 0.717) is 0 Å². The highest BCUT2D eigenvalue weighted by molar-refractivity contribution is 7.91. The van der Waals surface area contributed by atoms with Gasteiger partial charge in [0.25, 0.3) is 12.0 Å². The van der Waals surface area contributed by atoms with Gasteiger partial charge in [0.2, 0.25) is 5.95 Å². The van der Waals surface area contributed by atoms with E-state index < -0.39 is 33.5 Å². The fraction of sp³-hybridized carbons (Fsp3) is 0.348. The third-order valence-electron chi connectivity index (χ3n) is 4.79. The molecule has 0 saturated carbocycles. The summed E-state index contributed by atoms with van der Waals surface area (Å²) in [6.45, 7) is 6.68. The molecule has 11 heteroatoms. The van der Waals surface area contributed by atoms with Gasteiger partial charge in [-0.1, -0.05) is 18.2 Å². The zero-order valence-corrected chi connectivity index (χ0v) is 20.2. The highest BCUT2D eigenvalue weighted by Gasteiger charge is 2.28. The molecule has 1 heterocycles. The lowest BCUT2D eigenvalue weighted by Gasteiger charge is -2.27. The molecule has 0 N–H and O–H groups in total. The normalized spacial score (nSPS) is 12.2. The van der Waals surface area contributed by atoms with Crippen LogP contribution in [0.2, 0.25) is 0 Å². The highest BCUT2D eigenvalue weighted by atomic mass is 32.2. The number of fused-ring (bicyclic) bond motifs is 1. The van der Waals surface area contributed by atoms with E-state index >= 15 is 0 Å². The van der Waals surface area contributed by atoms with Gasteiger partial charge in [0.05, 0.1) is 21.5 Å². The lowest BCUT2D eigenvalue weighted by atomic mass is 10.2. The van der Waals surface area contributed by atoms with Gasteiger partial charge in [-0.05, 0) is 52.0 Å². The molecular weight excluding hydrogens is 468 g/mol. The minimum absolute atomic E-state index is 0.00230. The second-order valence-corrected chi connectivity index (χ2v) is 10.6. The van der Waals surface area contributed by atoms with E-state index in [2.05, 4.69) is 4.98 Å². The van der Waals surface area contributed by atoms with Gasteiger partial charge in [0.15, 0.2) is 9.84 Å². The molecule has 0 saturated heterocycles. The largest absolute Gasteiger partial charge is 0.443 e. The minimum Gasteiger partial charge on any atom is -0.443 e. The molecule has 3 rings (SSSR count). The first-order valence-electron chi connectivity index (χ1n) is 10.4. The Labute approximate surface area is 195 Å². The highest BCUT2D eigenvalue weighted by Crippen LogP contribution is 2.27. The predicted octanol–water partition coefficient (Wildman–Crippen LogP) is 4.49. The Kier molecular flexibility index (Phi) is 6.79. The maximum Gasteiger partial charge on any atom is 0.417 e. The quantitative estimate of drug-likeness (QED) is 0.520. The second-order valence-electron chi connectivity index (χ2n) is 8.60. The average molecular weight is 494 g/mol. The van der Waals surface area contributed by atoms with E-state index in [1.54, 1.807) is 27.7 Å². The third kappa shape index (κ3) is 5.09. The molecule has 2 aromatic carbocycles. The molecule has 0 aliphatic rings. The van der Waals surface area contributed by atoms with Crippen molar-refractivity contribution in [1.29, 1.82) is 0 Å². The van der Waals surface area contributed by atoms with Gasteiger partial charge < -0.3 is 4.74 Å². The van der Waals surface area contributed by atoms with Gasteiger partial charge >= 0.3 is 6.09 Å². The van der Waals surface area contributed by atoms with Crippen LogP contribution in [0.4, 0.5) is 19.5 Å². The lowest BCUT2D eigenvalue weighted by Crippen LogP contribution is -2.40. The number of alkyl halides is 2. The first-order valence-corrected chi connectivity index (χ1v) is 12.3. The number of halogens is 2. The van der Waals surface area contributed by atoms with E-state index in [-0.39, 0.29) is 39.5 Å². The summed E-state index contributed by atoms with van der Waals surface area (Å²) in [6.07, 6.45) is -2.66. The van der Waals surface area contributed by atoms with Crippen LogP contribution in [-0.4, -0.2) is 42.5 Å². The van der Waals surface area contributed by atoms with Crippen LogP contribution >= 0.6 is 0 Å². The zero-order valence-electron chi connectivity index (χ0n) is 19.4. The Bertz CT molecular complexity index is 1410. The van der Waals surface area contributed by atoms with Crippen molar-refractivity contribution in [2.24, 2.45) is 0 Å². The molecular formula is C23H25F2N3O5S. The number of hydrogen-bond acceptors (Lipinski definition) is 6. The summed E-state index contributed by atoms with van der Waals surface area (Å²) in [7, 11) is -3.83. The van der Waals surface area contributed by atoms with E-state index in [1.807, 2.05) is 0 Å². The molecule has 0 spiro atoms. The molecule has 0 fully saturated rings. The second kappa shape index (κ2) is 9.13. The molecule has 3 aromatic rings. The fourth-order valence-corrected chi connectivity index (χ4v) is 4.27. The smallest absolute Gasteiger partial charge is 0.417 e. The standard InChI is InChI=1S/C23H25F2N3O5S/c1-6-27(22(30)33-23(2,3)4)21-26-16-11-8-12-17(34(5,31)32)18(16)20(29)28(21)15-10-7-9-14(13-15)19(24)25/h7-13,19H,6H2,1-5H3. The molecule has 1 aromatic heterocycles. The number of aromatic nitrogens is 2. The first kappa shape index (κ1) is 25.3. The van der Waals surface area contributed by atoms with Crippen LogP contribution in [0.3, 0.4) is 0 Å². The van der Waals surface area contributed by atoms with Crippen molar-refractivity contribution in [3.63, 3.8) is 0 Å². The number of benzene rings is 2. The first-order chi connectivity index (χ1) is 15.7. The van der Waals surface area contributed by atoms with Crippen LogP contribution < -0.4 is 10.5 Å². The summed E-state index contributed by atoms with van der Waals surface area (Å²) in [6, 6.07) is 9.17. The summed E-state index contributed by atoms with van der Waals surface area (Å²) in [5.41, 5.74) is -2.00. The predicted molar refractivity (Wildman–Crippen MR) is 125 cm³/mol. The number of nitrogens with zero attached hydrogens (tertiary/aromatic N) is 3. The number of sulfone groups is 1. The molecule has 1 amide bonds. The minimum atomic E-state index is -3.83. The molecule has 182 valence electrons. The van der Waals surface area contributed by atoms with Crippen molar-refractivity contribution in [2.75, 3.05) is 17.7 Å². The summed E-state index contributed by atoms with van der Waals surface area (Å²) in [4.78, 5) is 31.9. The van der Waals surface area contributed by atoms with Crippen LogP contribution in [0.5, 0.6) is 0 Å². The fourth-order valence-electron chi connectivity index (χ4n) is 3.38. The Balaban J connectivity index is 2.45. The SMILES string of the molecule is CCN(C(=O)OC(C)(C)C)c1nc2cccc(S(C)(=O)=O)c2c(=O)n1-c1cccc(C(F)F)c1. The number of hydrogen-bond donors (Lipinski definition) is 0. The van der Waals surface area contributed by atoms with Crippen molar-refractivity contribution < 1.29 is 26.7 Å². The maximum atomic E-state index is 13.7. The van der Waals surface area contributed by atoms with Crippen LogP contribution in [0.1, 0.15) is 39.7 Å². The van der Waals surface area contributed by atoms with Crippen LogP contribution in [-0.2, 0) is 14.6 Å². The number of rotatable bonds is 5. The van der Waals surface area contributed by atoms with Gasteiger partial charge in [-0.25, -0.2) is 36.4 Å². The Hall–Kier alpha value is -3.34. The van der Waals surface area contributed by atoms with Gasteiger partial charge in [0.1, 0.15) is 5.60 Å². The van der Waals surface area contributed by atoms with E-state index in [4.69, 9.17) is 4.74 Å². The number of anilines is 1. The van der Waals surface area contributed by atoms with Gasteiger partial charge in [-0.2, -0.15) is 0 Å². The van der Waals surface area contributed by atoms with Crippen molar-refractivity contribution in [3.8, 4) is 5.69 Å². The van der Waals surface area contributed by atoms with Gasteiger partial charge in [-0.3, -0.25) is 4.79 Å². The van der Waals surface area contributed by atoms with E-state index in [1.165, 1.54) is 36.4 Å².